The van der Waals surface area contributed by atoms with Gasteiger partial charge in [0.2, 0.25) is 0 Å². The number of carbonyl (C=O) groups is 2. The predicted molar refractivity (Wildman–Crippen MR) is 75.8 cm³/mol. The van der Waals surface area contributed by atoms with Gasteiger partial charge in [-0.1, -0.05) is 30.3 Å². The van der Waals surface area contributed by atoms with E-state index in [4.69, 9.17) is 5.11 Å². The van der Waals surface area contributed by atoms with Gasteiger partial charge in [0, 0.05) is 5.38 Å². The minimum absolute atomic E-state index is 0.251. The molecule has 2 N–H and O–H groups in total. The summed E-state index contributed by atoms with van der Waals surface area (Å²) in [5.74, 6) is -1.49. The number of hydrogen-bond acceptors (Lipinski definition) is 4. The van der Waals surface area contributed by atoms with Gasteiger partial charge in [-0.15, -0.1) is 11.3 Å². The molecule has 0 saturated heterocycles. The molecule has 0 spiro atoms. The van der Waals surface area contributed by atoms with Crippen molar-refractivity contribution in [2.24, 2.45) is 0 Å². The highest BCUT2D eigenvalue weighted by Crippen LogP contribution is 2.07. The van der Waals surface area contributed by atoms with Crippen molar-refractivity contribution in [1.82, 2.24) is 10.3 Å². The molecule has 0 radical (unpaired) electrons. The molecule has 2 rings (SSSR count). The van der Waals surface area contributed by atoms with Crippen LogP contribution in [0.4, 0.5) is 0 Å². The largest absolute Gasteiger partial charge is 0.480 e. The Balaban J connectivity index is 1.94. The Labute approximate surface area is 120 Å². The van der Waals surface area contributed by atoms with E-state index >= 15 is 0 Å². The van der Waals surface area contributed by atoms with Crippen LogP contribution in [0.1, 0.15) is 22.5 Å². The summed E-state index contributed by atoms with van der Waals surface area (Å²) in [6, 6.07) is 8.66. The minimum atomic E-state index is -1.04. The van der Waals surface area contributed by atoms with Crippen molar-refractivity contribution < 1.29 is 14.7 Å². The van der Waals surface area contributed by atoms with E-state index in [1.54, 1.807) is 5.38 Å². The Morgan fingerprint density at radius 1 is 1.30 bits per heavy atom. The highest BCUT2D eigenvalue weighted by atomic mass is 32.1. The number of benzene rings is 1. The molecule has 6 heteroatoms. The van der Waals surface area contributed by atoms with Crippen LogP contribution in [0.5, 0.6) is 0 Å². The fourth-order valence-corrected chi connectivity index (χ4v) is 2.30. The number of aryl methyl sites for hydroxylation is 1. The first-order valence-electron chi connectivity index (χ1n) is 6.12. The molecule has 0 aliphatic carbocycles. The maximum atomic E-state index is 11.8. The summed E-state index contributed by atoms with van der Waals surface area (Å²) in [5, 5.41) is 13.2. The highest BCUT2D eigenvalue weighted by Gasteiger charge is 2.21. The summed E-state index contributed by atoms with van der Waals surface area (Å²) >= 11 is 1.29. The zero-order chi connectivity index (χ0) is 14.4. The quantitative estimate of drug-likeness (QED) is 0.852. The Kier molecular flexibility index (Phi) is 4.84. The van der Waals surface area contributed by atoms with Crippen LogP contribution in [0.3, 0.4) is 0 Å². The Bertz CT molecular complexity index is 569. The zero-order valence-electron chi connectivity index (χ0n) is 10.7. The molecule has 0 saturated carbocycles. The summed E-state index contributed by atoms with van der Waals surface area (Å²) in [5.41, 5.74) is 2.83. The van der Waals surface area contributed by atoms with E-state index in [0.29, 0.717) is 12.8 Å². The highest BCUT2D eigenvalue weighted by molar-refractivity contribution is 7.07. The van der Waals surface area contributed by atoms with Gasteiger partial charge in [0.05, 0.1) is 5.51 Å². The van der Waals surface area contributed by atoms with Crippen molar-refractivity contribution in [3.8, 4) is 0 Å². The lowest BCUT2D eigenvalue weighted by atomic mass is 10.1. The number of amides is 1. The molecular weight excluding hydrogens is 276 g/mol. The van der Waals surface area contributed by atoms with Crippen molar-refractivity contribution in [2.45, 2.75) is 18.9 Å². The number of aliphatic carboxylic acids is 1. The number of carbonyl (C=O) groups excluding carboxylic acids is 1. The molecular formula is C14H14N2O3S. The van der Waals surface area contributed by atoms with Gasteiger partial charge in [-0.3, -0.25) is 4.79 Å². The monoisotopic (exact) mass is 290 g/mol. The maximum Gasteiger partial charge on any atom is 0.326 e. The first kappa shape index (κ1) is 14.2. The molecule has 0 aliphatic rings. The van der Waals surface area contributed by atoms with E-state index in [-0.39, 0.29) is 5.69 Å². The van der Waals surface area contributed by atoms with Gasteiger partial charge in [-0.25, -0.2) is 9.78 Å². The second kappa shape index (κ2) is 6.81. The molecule has 1 heterocycles. The fourth-order valence-electron chi connectivity index (χ4n) is 1.77. The Morgan fingerprint density at radius 3 is 2.65 bits per heavy atom. The number of nitrogens with zero attached hydrogens (tertiary/aromatic N) is 1. The lowest BCUT2D eigenvalue weighted by Crippen LogP contribution is -2.41. The lowest BCUT2D eigenvalue weighted by molar-refractivity contribution is -0.139. The molecule has 0 fully saturated rings. The van der Waals surface area contributed by atoms with Crippen molar-refractivity contribution >= 4 is 23.2 Å². The van der Waals surface area contributed by atoms with Gasteiger partial charge in [-0.2, -0.15) is 0 Å². The first-order chi connectivity index (χ1) is 9.66. The van der Waals surface area contributed by atoms with Gasteiger partial charge >= 0.3 is 5.97 Å². The van der Waals surface area contributed by atoms with E-state index in [9.17, 15) is 9.59 Å². The van der Waals surface area contributed by atoms with Crippen LogP contribution in [-0.2, 0) is 11.2 Å². The Hall–Kier alpha value is -2.21. The minimum Gasteiger partial charge on any atom is -0.480 e. The smallest absolute Gasteiger partial charge is 0.326 e. The van der Waals surface area contributed by atoms with Crippen molar-refractivity contribution in [2.75, 3.05) is 0 Å². The third-order valence-corrected chi connectivity index (χ3v) is 3.42. The molecule has 1 atom stereocenters. The molecule has 1 unspecified atom stereocenters. The fraction of sp³-hybridized carbons (Fsp3) is 0.214. The van der Waals surface area contributed by atoms with Gasteiger partial charge in [0.25, 0.3) is 5.91 Å². The third kappa shape index (κ3) is 3.89. The molecule has 104 valence electrons. The summed E-state index contributed by atoms with van der Waals surface area (Å²) in [4.78, 5) is 26.9. The summed E-state index contributed by atoms with van der Waals surface area (Å²) < 4.78 is 0. The summed E-state index contributed by atoms with van der Waals surface area (Å²) in [6.45, 7) is 0. The van der Waals surface area contributed by atoms with Crippen LogP contribution in [0, 0.1) is 0 Å². The van der Waals surface area contributed by atoms with Crippen LogP contribution in [-0.4, -0.2) is 28.0 Å². The van der Waals surface area contributed by atoms with Crippen LogP contribution >= 0.6 is 11.3 Å². The van der Waals surface area contributed by atoms with Gasteiger partial charge in [0.1, 0.15) is 11.7 Å². The molecule has 0 bridgehead atoms. The van der Waals surface area contributed by atoms with E-state index in [2.05, 4.69) is 10.3 Å². The van der Waals surface area contributed by atoms with Crippen LogP contribution < -0.4 is 5.32 Å². The average Bonchev–Trinajstić information content (AvgIpc) is 2.98. The third-order valence-electron chi connectivity index (χ3n) is 2.83. The van der Waals surface area contributed by atoms with Crippen LogP contribution in [0.15, 0.2) is 41.2 Å². The molecule has 20 heavy (non-hydrogen) atoms. The predicted octanol–water partition coefficient (Wildman–Crippen LogP) is 1.96. The van der Waals surface area contributed by atoms with Gasteiger partial charge in [-0.05, 0) is 18.4 Å². The average molecular weight is 290 g/mol. The first-order valence-corrected chi connectivity index (χ1v) is 7.07. The second-order valence-electron chi connectivity index (χ2n) is 4.26. The number of hydrogen-bond donors (Lipinski definition) is 2. The molecule has 1 aromatic carbocycles. The number of carboxylic acids is 1. The van der Waals surface area contributed by atoms with Crippen molar-refractivity contribution in [3.63, 3.8) is 0 Å². The van der Waals surface area contributed by atoms with E-state index in [0.717, 1.165) is 5.56 Å². The van der Waals surface area contributed by atoms with Crippen LogP contribution in [0.25, 0.3) is 0 Å². The van der Waals surface area contributed by atoms with Crippen LogP contribution in [0.2, 0.25) is 0 Å². The summed E-state index contributed by atoms with van der Waals surface area (Å²) in [6.07, 6.45) is 0.935. The number of rotatable bonds is 6. The van der Waals surface area contributed by atoms with Crippen molar-refractivity contribution in [1.29, 1.82) is 0 Å². The second-order valence-corrected chi connectivity index (χ2v) is 4.98. The number of carboxylic acid groups (broad SMARTS) is 1. The number of nitrogens with one attached hydrogen (secondary N) is 1. The lowest BCUT2D eigenvalue weighted by Gasteiger charge is -2.13. The van der Waals surface area contributed by atoms with E-state index in [1.807, 2.05) is 30.3 Å². The van der Waals surface area contributed by atoms with Gasteiger partial charge in [0.15, 0.2) is 0 Å². The SMILES string of the molecule is O=C(NC(CCc1ccccc1)C(=O)O)c1cscn1. The topological polar surface area (TPSA) is 79.3 Å². The van der Waals surface area contributed by atoms with Gasteiger partial charge < -0.3 is 10.4 Å². The maximum absolute atomic E-state index is 11.8. The molecule has 0 aliphatic heterocycles. The zero-order valence-corrected chi connectivity index (χ0v) is 11.5. The Morgan fingerprint density at radius 2 is 2.05 bits per heavy atom. The summed E-state index contributed by atoms with van der Waals surface area (Å²) in [7, 11) is 0. The molecule has 2 aromatic rings. The van der Waals surface area contributed by atoms with E-state index < -0.39 is 17.9 Å². The number of thiazole rings is 1. The molecule has 5 nitrogen and oxygen atoms in total. The molecule has 1 amide bonds. The standard InChI is InChI=1S/C14H14N2O3S/c17-13(12-8-20-9-15-12)16-11(14(18)19)7-6-10-4-2-1-3-5-10/h1-5,8-9,11H,6-7H2,(H,16,17)(H,18,19). The number of aromatic nitrogens is 1. The molecule has 1 aromatic heterocycles. The van der Waals surface area contributed by atoms with Crippen molar-refractivity contribution in [3.05, 3.63) is 52.5 Å². The van der Waals surface area contributed by atoms with E-state index in [1.165, 1.54) is 16.8 Å². The normalized spacial score (nSPS) is 11.8.